The molecule has 0 radical (unpaired) electrons. The maximum atomic E-state index is 9.47. The minimum Gasteiger partial charge on any atom is -0.457 e. The summed E-state index contributed by atoms with van der Waals surface area (Å²) >= 11 is 0. The molecule has 0 N–H and O–H groups in total. The van der Waals surface area contributed by atoms with E-state index in [0.29, 0.717) is 17.2 Å². The van der Waals surface area contributed by atoms with E-state index in [1.165, 1.54) is 0 Å². The molecule has 1 aliphatic carbocycles. The molecule has 0 fully saturated rings. The van der Waals surface area contributed by atoms with Crippen molar-refractivity contribution in [3.8, 4) is 34.2 Å². The summed E-state index contributed by atoms with van der Waals surface area (Å²) in [5.41, 5.74) is 7.62. The Bertz CT molecular complexity index is 1530. The number of para-hydroxylation sites is 3. The van der Waals surface area contributed by atoms with Crippen LogP contribution in [-0.4, -0.2) is 4.98 Å². The molecule has 168 valence electrons. The fourth-order valence-electron chi connectivity index (χ4n) is 4.80. The highest BCUT2D eigenvalue weighted by Crippen LogP contribution is 2.47. The molecule has 4 heteroatoms. The van der Waals surface area contributed by atoms with Crippen molar-refractivity contribution >= 4 is 11.4 Å². The maximum absolute atomic E-state index is 9.47. The van der Waals surface area contributed by atoms with Crippen molar-refractivity contribution in [1.29, 1.82) is 5.26 Å². The number of rotatable bonds is 3. The number of nitrogens with zero attached hydrogens (tertiary/aromatic N) is 3. The predicted octanol–water partition coefficient (Wildman–Crippen LogP) is 7.63. The van der Waals surface area contributed by atoms with Crippen LogP contribution in [-0.2, 0) is 0 Å². The van der Waals surface area contributed by atoms with Crippen molar-refractivity contribution in [3.05, 3.63) is 120 Å². The van der Waals surface area contributed by atoms with Gasteiger partial charge in [-0.25, -0.2) is 0 Å². The van der Waals surface area contributed by atoms with Gasteiger partial charge in [0.15, 0.2) is 5.75 Å². The fraction of sp³-hybridized carbons (Fsp3) is 0.0968. The molecule has 0 bridgehead atoms. The van der Waals surface area contributed by atoms with E-state index in [1.54, 1.807) is 18.3 Å². The Morgan fingerprint density at radius 1 is 0.886 bits per heavy atom. The Morgan fingerprint density at radius 3 is 2.46 bits per heavy atom. The quantitative estimate of drug-likeness (QED) is 0.320. The van der Waals surface area contributed by atoms with E-state index in [4.69, 9.17) is 4.74 Å². The third-order valence-electron chi connectivity index (χ3n) is 6.50. The molecule has 35 heavy (non-hydrogen) atoms. The average Bonchev–Trinajstić information content (AvgIpc) is 2.92. The average molecular weight is 454 g/mol. The minimum absolute atomic E-state index is 0.438. The van der Waals surface area contributed by atoms with Gasteiger partial charge in [-0.2, -0.15) is 5.26 Å². The van der Waals surface area contributed by atoms with Gasteiger partial charge in [-0.1, -0.05) is 67.6 Å². The lowest BCUT2D eigenvalue weighted by Gasteiger charge is -2.37. The van der Waals surface area contributed by atoms with E-state index in [-0.39, 0.29) is 0 Å². The number of allylic oxidation sites excluding steroid dienone is 3. The Hall–Kier alpha value is -4.62. The summed E-state index contributed by atoms with van der Waals surface area (Å²) in [5.74, 6) is 2.31. The monoisotopic (exact) mass is 453 g/mol. The molecule has 3 aromatic carbocycles. The van der Waals surface area contributed by atoms with Gasteiger partial charge in [-0.05, 0) is 47.9 Å². The number of pyridine rings is 1. The molecule has 0 saturated heterocycles. The Morgan fingerprint density at radius 2 is 1.63 bits per heavy atom. The van der Waals surface area contributed by atoms with Crippen molar-refractivity contribution in [2.24, 2.45) is 5.92 Å². The van der Waals surface area contributed by atoms with Crippen LogP contribution in [0.5, 0.6) is 5.75 Å². The molecule has 0 saturated carbocycles. The molecule has 4 nitrogen and oxygen atoms in total. The van der Waals surface area contributed by atoms with Crippen molar-refractivity contribution < 1.29 is 4.74 Å². The number of fused-ring (bicyclic) bond motifs is 1. The number of benzene rings is 3. The van der Waals surface area contributed by atoms with Gasteiger partial charge in [0.1, 0.15) is 11.8 Å². The molecule has 2 heterocycles. The molecular formula is C31H23N3O. The summed E-state index contributed by atoms with van der Waals surface area (Å²) in [7, 11) is 0. The molecule has 1 atom stereocenters. The van der Waals surface area contributed by atoms with Gasteiger partial charge < -0.3 is 9.64 Å². The molecule has 0 amide bonds. The molecule has 4 aromatic rings. The lowest BCUT2D eigenvalue weighted by molar-refractivity contribution is 0.371. The first kappa shape index (κ1) is 20.9. The van der Waals surface area contributed by atoms with Crippen LogP contribution in [0.2, 0.25) is 0 Å². The number of ether oxygens (including phenoxy) is 1. The zero-order chi connectivity index (χ0) is 23.8. The maximum Gasteiger partial charge on any atom is 0.151 e. The number of aromatic nitrogens is 1. The fourth-order valence-corrected chi connectivity index (χ4v) is 4.80. The number of hydrogen-bond donors (Lipinski definition) is 0. The van der Waals surface area contributed by atoms with Crippen LogP contribution in [0.3, 0.4) is 0 Å². The second-order valence-corrected chi connectivity index (χ2v) is 8.86. The van der Waals surface area contributed by atoms with E-state index >= 15 is 0 Å². The molecular weight excluding hydrogens is 430 g/mol. The van der Waals surface area contributed by atoms with E-state index < -0.39 is 0 Å². The van der Waals surface area contributed by atoms with Crippen LogP contribution in [0.25, 0.3) is 22.4 Å². The first-order chi connectivity index (χ1) is 17.2. The van der Waals surface area contributed by atoms with Crippen molar-refractivity contribution in [2.75, 3.05) is 4.90 Å². The van der Waals surface area contributed by atoms with Gasteiger partial charge in [-0.15, -0.1) is 0 Å². The van der Waals surface area contributed by atoms with E-state index in [9.17, 15) is 5.26 Å². The molecule has 2 aliphatic rings. The summed E-state index contributed by atoms with van der Waals surface area (Å²) < 4.78 is 6.34. The van der Waals surface area contributed by atoms with Crippen LogP contribution >= 0.6 is 0 Å². The van der Waals surface area contributed by atoms with Crippen molar-refractivity contribution in [2.45, 2.75) is 13.3 Å². The third kappa shape index (κ3) is 3.68. The topological polar surface area (TPSA) is 49.1 Å². The lowest BCUT2D eigenvalue weighted by atomic mass is 9.95. The van der Waals surface area contributed by atoms with Gasteiger partial charge >= 0.3 is 0 Å². The second-order valence-electron chi connectivity index (χ2n) is 8.86. The first-order valence-electron chi connectivity index (χ1n) is 11.8. The minimum atomic E-state index is 0.438. The van der Waals surface area contributed by atoms with Crippen LogP contribution in [0.15, 0.2) is 115 Å². The standard InChI is InChI=1S/C31H23N3O/c1-21-12-17-28-30(19-21)35-29-11-5-4-10-27(29)34(28)26-9-3-2-8-25(26)22-13-15-23(16-14-22)31-24(20-32)7-6-18-33-31/h2-18,21H,19H2,1H3. The number of anilines is 2. The zero-order valence-corrected chi connectivity index (χ0v) is 19.3. The Balaban J connectivity index is 1.47. The Kier molecular flexibility index (Phi) is 5.16. The summed E-state index contributed by atoms with van der Waals surface area (Å²) in [4.78, 5) is 6.74. The molecule has 1 unspecified atom stereocenters. The molecule has 1 aromatic heterocycles. The normalized spacial score (nSPS) is 16.2. The summed E-state index contributed by atoms with van der Waals surface area (Å²) in [6.07, 6.45) is 7.03. The summed E-state index contributed by atoms with van der Waals surface area (Å²) in [6, 6.07) is 30.8. The Labute approximate surface area is 205 Å². The van der Waals surface area contributed by atoms with Crippen LogP contribution in [0.4, 0.5) is 11.4 Å². The highest BCUT2D eigenvalue weighted by molar-refractivity contribution is 5.88. The van der Waals surface area contributed by atoms with Crippen molar-refractivity contribution in [3.63, 3.8) is 0 Å². The van der Waals surface area contributed by atoms with Gasteiger partial charge in [0.2, 0.25) is 0 Å². The van der Waals surface area contributed by atoms with Gasteiger partial charge in [0.25, 0.3) is 0 Å². The SMILES string of the molecule is CC1C=CC2=C(C1)Oc1ccccc1N2c1ccccc1-c1ccc(-c2ncccc2C#N)cc1. The molecule has 6 rings (SSSR count). The highest BCUT2D eigenvalue weighted by Gasteiger charge is 2.30. The number of hydrogen-bond acceptors (Lipinski definition) is 4. The highest BCUT2D eigenvalue weighted by atomic mass is 16.5. The first-order valence-corrected chi connectivity index (χ1v) is 11.8. The predicted molar refractivity (Wildman–Crippen MR) is 139 cm³/mol. The summed E-state index contributed by atoms with van der Waals surface area (Å²) in [6.45, 7) is 2.21. The van der Waals surface area contributed by atoms with Gasteiger partial charge in [-0.3, -0.25) is 4.98 Å². The van der Waals surface area contributed by atoms with E-state index in [0.717, 1.165) is 51.7 Å². The third-order valence-corrected chi connectivity index (χ3v) is 6.50. The van der Waals surface area contributed by atoms with E-state index in [2.05, 4.69) is 77.5 Å². The number of nitriles is 1. The van der Waals surface area contributed by atoms with Crippen LogP contribution in [0.1, 0.15) is 18.9 Å². The smallest absolute Gasteiger partial charge is 0.151 e. The largest absolute Gasteiger partial charge is 0.457 e. The van der Waals surface area contributed by atoms with Crippen LogP contribution < -0.4 is 9.64 Å². The van der Waals surface area contributed by atoms with Crippen molar-refractivity contribution in [1.82, 2.24) is 4.98 Å². The lowest BCUT2D eigenvalue weighted by Crippen LogP contribution is -2.26. The summed E-state index contributed by atoms with van der Waals surface area (Å²) in [5, 5.41) is 9.47. The van der Waals surface area contributed by atoms with Gasteiger partial charge in [0, 0.05) is 23.7 Å². The van der Waals surface area contributed by atoms with Crippen LogP contribution in [0, 0.1) is 17.2 Å². The molecule has 1 aliphatic heterocycles. The van der Waals surface area contributed by atoms with Gasteiger partial charge in [0.05, 0.1) is 28.3 Å². The zero-order valence-electron chi connectivity index (χ0n) is 19.3. The van der Waals surface area contributed by atoms with E-state index in [1.807, 2.05) is 30.3 Å². The molecule has 0 spiro atoms. The second kappa shape index (κ2) is 8.62.